The van der Waals surface area contributed by atoms with Gasteiger partial charge in [-0.1, -0.05) is 18.2 Å². The van der Waals surface area contributed by atoms with E-state index in [1.54, 1.807) is 28.0 Å². The van der Waals surface area contributed by atoms with Crippen molar-refractivity contribution < 1.29 is 14.0 Å². The summed E-state index contributed by atoms with van der Waals surface area (Å²) in [5.74, 6) is -0.0666. The first-order chi connectivity index (χ1) is 14.4. The van der Waals surface area contributed by atoms with E-state index in [0.717, 1.165) is 12.8 Å². The zero-order chi connectivity index (χ0) is 21.2. The number of halogens is 1. The number of nitrogens with zero attached hydrogens (tertiary/aromatic N) is 4. The lowest BCUT2D eigenvalue weighted by atomic mass is 10.0. The summed E-state index contributed by atoms with van der Waals surface area (Å²) in [7, 11) is 0. The lowest BCUT2D eigenvalue weighted by molar-refractivity contribution is -0.141. The average Bonchev–Trinajstić information content (AvgIpc) is 3.07. The van der Waals surface area contributed by atoms with Gasteiger partial charge >= 0.3 is 0 Å². The van der Waals surface area contributed by atoms with Crippen molar-refractivity contribution in [3.63, 3.8) is 0 Å². The average molecular weight is 411 g/mol. The molecule has 4 aliphatic rings. The molecule has 1 saturated carbocycles. The van der Waals surface area contributed by atoms with Crippen molar-refractivity contribution >= 4 is 11.8 Å². The zero-order valence-electron chi connectivity index (χ0n) is 16.9. The number of rotatable bonds is 5. The highest BCUT2D eigenvalue weighted by Crippen LogP contribution is 2.48. The number of nitriles is 1. The third-order valence-electron chi connectivity index (χ3n) is 7.34. The van der Waals surface area contributed by atoms with Crippen molar-refractivity contribution in [2.24, 2.45) is 11.7 Å². The standard InChI is InChI=1S/C22H26FN5O2/c1-12(16-4-2-3-5-17(16)23)27-15-8-20(22(27)30)26(10-15)11-18(25)21(29)28-14(9-24)6-13-7-19(13)28/h2-5,12-15,18-20H,6-8,10-11,25H2,1H3/t12-,13+,14-,15?,18-,19?,20+/m0/s1. The maximum absolute atomic E-state index is 14.2. The molecular formula is C22H26FN5O2. The maximum atomic E-state index is 14.2. The van der Waals surface area contributed by atoms with Crippen LogP contribution in [0.25, 0.3) is 0 Å². The molecule has 0 radical (unpaired) electrons. The Bertz CT molecular complexity index is 932. The van der Waals surface area contributed by atoms with Gasteiger partial charge in [-0.25, -0.2) is 4.39 Å². The maximum Gasteiger partial charge on any atom is 0.242 e. The minimum Gasteiger partial charge on any atom is -0.330 e. The highest BCUT2D eigenvalue weighted by molar-refractivity contribution is 5.87. The van der Waals surface area contributed by atoms with Crippen LogP contribution in [0.3, 0.4) is 0 Å². The van der Waals surface area contributed by atoms with Gasteiger partial charge in [0.05, 0.1) is 24.2 Å². The van der Waals surface area contributed by atoms with Gasteiger partial charge in [0.15, 0.2) is 0 Å². The number of hydrogen-bond acceptors (Lipinski definition) is 5. The molecule has 5 rings (SSSR count). The minimum absolute atomic E-state index is 0.00846. The molecule has 1 aromatic carbocycles. The van der Waals surface area contributed by atoms with Crippen LogP contribution in [0.1, 0.15) is 37.8 Å². The second kappa shape index (κ2) is 7.03. The molecule has 0 aromatic heterocycles. The van der Waals surface area contributed by atoms with E-state index in [-0.39, 0.29) is 47.8 Å². The Morgan fingerprint density at radius 1 is 1.33 bits per heavy atom. The van der Waals surface area contributed by atoms with E-state index in [1.807, 2.05) is 11.8 Å². The number of benzene rings is 1. The Balaban J connectivity index is 1.24. The van der Waals surface area contributed by atoms with Gasteiger partial charge in [-0.15, -0.1) is 0 Å². The van der Waals surface area contributed by atoms with E-state index >= 15 is 0 Å². The van der Waals surface area contributed by atoms with Crippen LogP contribution in [0.15, 0.2) is 24.3 Å². The number of fused-ring (bicyclic) bond motifs is 3. The molecule has 4 fully saturated rings. The van der Waals surface area contributed by atoms with E-state index in [9.17, 15) is 19.2 Å². The summed E-state index contributed by atoms with van der Waals surface area (Å²) in [6.07, 6.45) is 2.38. The number of hydrogen-bond donors (Lipinski definition) is 1. The predicted octanol–water partition coefficient (Wildman–Crippen LogP) is 1.01. The Morgan fingerprint density at radius 3 is 2.80 bits per heavy atom. The molecule has 7 nitrogen and oxygen atoms in total. The van der Waals surface area contributed by atoms with E-state index in [0.29, 0.717) is 31.0 Å². The summed E-state index contributed by atoms with van der Waals surface area (Å²) < 4.78 is 14.2. The van der Waals surface area contributed by atoms with Crippen LogP contribution in [-0.4, -0.2) is 69.8 Å². The van der Waals surface area contributed by atoms with Gasteiger partial charge in [0, 0.05) is 30.7 Å². The fraction of sp³-hybridized carbons (Fsp3) is 0.591. The minimum atomic E-state index is -0.746. The van der Waals surface area contributed by atoms with Gasteiger partial charge in [-0.2, -0.15) is 5.26 Å². The summed E-state index contributed by atoms with van der Waals surface area (Å²) in [6.45, 7) is 2.79. The van der Waals surface area contributed by atoms with Gasteiger partial charge < -0.3 is 15.5 Å². The molecule has 1 aliphatic carbocycles. The van der Waals surface area contributed by atoms with Gasteiger partial charge in [0.1, 0.15) is 11.9 Å². The molecule has 1 aromatic rings. The smallest absolute Gasteiger partial charge is 0.242 e. The summed E-state index contributed by atoms with van der Waals surface area (Å²) in [5.41, 5.74) is 6.76. The van der Waals surface area contributed by atoms with E-state index < -0.39 is 6.04 Å². The number of carbonyl (C=O) groups excluding carboxylic acids is 2. The van der Waals surface area contributed by atoms with Crippen LogP contribution in [0.2, 0.25) is 0 Å². The third-order valence-corrected chi connectivity index (χ3v) is 7.34. The molecular weight excluding hydrogens is 385 g/mol. The second-order valence-electron chi connectivity index (χ2n) is 9.10. The normalized spacial score (nSPS) is 34.1. The quantitative estimate of drug-likeness (QED) is 0.781. The monoisotopic (exact) mass is 411 g/mol. The molecule has 2 amide bonds. The van der Waals surface area contributed by atoms with E-state index in [2.05, 4.69) is 6.07 Å². The number of carbonyl (C=O) groups is 2. The first kappa shape index (κ1) is 19.5. The first-order valence-electron chi connectivity index (χ1n) is 10.7. The van der Waals surface area contributed by atoms with Crippen molar-refractivity contribution in [3.8, 4) is 6.07 Å². The molecule has 2 bridgehead atoms. The Kier molecular flexibility index (Phi) is 4.56. The molecule has 3 heterocycles. The molecule has 158 valence electrons. The van der Waals surface area contributed by atoms with Gasteiger partial charge in [0.2, 0.25) is 11.8 Å². The summed E-state index contributed by atoms with van der Waals surface area (Å²) >= 11 is 0. The van der Waals surface area contributed by atoms with Crippen molar-refractivity contribution in [1.29, 1.82) is 5.26 Å². The van der Waals surface area contributed by atoms with Crippen molar-refractivity contribution in [2.45, 2.75) is 62.4 Å². The van der Waals surface area contributed by atoms with Crippen LogP contribution >= 0.6 is 0 Å². The van der Waals surface area contributed by atoms with Gasteiger partial charge in [-0.3, -0.25) is 14.5 Å². The van der Waals surface area contributed by atoms with Gasteiger partial charge in [-0.05, 0) is 38.2 Å². The number of likely N-dealkylation sites (tertiary alicyclic amines) is 3. The molecule has 3 aliphatic heterocycles. The van der Waals surface area contributed by atoms with Crippen LogP contribution < -0.4 is 5.73 Å². The van der Waals surface area contributed by atoms with Crippen LogP contribution in [0.4, 0.5) is 4.39 Å². The molecule has 3 saturated heterocycles. The summed E-state index contributed by atoms with van der Waals surface area (Å²) in [4.78, 5) is 31.4. The van der Waals surface area contributed by atoms with Crippen LogP contribution in [0.5, 0.6) is 0 Å². The molecule has 2 N–H and O–H groups in total. The fourth-order valence-corrected chi connectivity index (χ4v) is 5.77. The predicted molar refractivity (Wildman–Crippen MR) is 106 cm³/mol. The van der Waals surface area contributed by atoms with E-state index in [1.165, 1.54) is 6.07 Å². The Morgan fingerprint density at radius 2 is 2.10 bits per heavy atom. The van der Waals surface area contributed by atoms with Crippen LogP contribution in [-0.2, 0) is 9.59 Å². The number of piperazine rings is 1. The molecule has 8 heteroatoms. The molecule has 2 unspecified atom stereocenters. The molecule has 7 atom stereocenters. The SMILES string of the molecule is C[C@@H](c1ccccc1F)N1C(=O)[C@H]2CC1CN2C[C@H](N)C(=O)N1C2C[C@H]2C[C@H]1C#N. The van der Waals surface area contributed by atoms with Crippen LogP contribution in [0, 0.1) is 23.1 Å². The first-order valence-corrected chi connectivity index (χ1v) is 10.7. The van der Waals surface area contributed by atoms with Crippen molar-refractivity contribution in [1.82, 2.24) is 14.7 Å². The fourth-order valence-electron chi connectivity index (χ4n) is 5.77. The molecule has 30 heavy (non-hydrogen) atoms. The lowest BCUT2D eigenvalue weighted by Gasteiger charge is -2.38. The largest absolute Gasteiger partial charge is 0.330 e. The highest BCUT2D eigenvalue weighted by atomic mass is 19.1. The number of nitrogens with two attached hydrogens (primary N) is 1. The zero-order valence-corrected chi connectivity index (χ0v) is 16.9. The summed E-state index contributed by atoms with van der Waals surface area (Å²) in [6, 6.07) is 7.17. The lowest BCUT2D eigenvalue weighted by Crippen LogP contribution is -2.57. The number of amides is 2. The number of piperidine rings is 1. The van der Waals surface area contributed by atoms with Crippen molar-refractivity contribution in [3.05, 3.63) is 35.6 Å². The van der Waals surface area contributed by atoms with E-state index in [4.69, 9.17) is 5.73 Å². The van der Waals surface area contributed by atoms with Gasteiger partial charge in [0.25, 0.3) is 0 Å². The molecule has 0 spiro atoms. The Hall–Kier alpha value is -2.50. The Labute approximate surface area is 175 Å². The summed E-state index contributed by atoms with van der Waals surface area (Å²) in [5, 5.41) is 9.33. The second-order valence-corrected chi connectivity index (χ2v) is 9.10. The third kappa shape index (κ3) is 2.91. The highest BCUT2D eigenvalue weighted by Gasteiger charge is 2.56. The van der Waals surface area contributed by atoms with Crippen molar-refractivity contribution in [2.75, 3.05) is 13.1 Å². The topological polar surface area (TPSA) is 93.7 Å².